The highest BCUT2D eigenvalue weighted by Gasteiger charge is 2.30. The number of rotatable bonds is 3. The summed E-state index contributed by atoms with van der Waals surface area (Å²) in [4.78, 5) is 14.6. The molecule has 0 radical (unpaired) electrons. The van der Waals surface area contributed by atoms with Crippen molar-refractivity contribution in [3.05, 3.63) is 70.2 Å². The van der Waals surface area contributed by atoms with Gasteiger partial charge in [-0.1, -0.05) is 58.4 Å². The Balaban J connectivity index is 1.70. The first-order valence-corrected chi connectivity index (χ1v) is 8.54. The summed E-state index contributed by atoms with van der Waals surface area (Å²) >= 11 is 3.46. The lowest BCUT2D eigenvalue weighted by Crippen LogP contribution is -2.39. The summed E-state index contributed by atoms with van der Waals surface area (Å²) in [6.45, 7) is 2.94. The van der Waals surface area contributed by atoms with Crippen molar-refractivity contribution in [2.45, 2.75) is 31.7 Å². The van der Waals surface area contributed by atoms with Crippen LogP contribution in [0.15, 0.2) is 59.1 Å². The number of halogens is 1. The normalized spacial score (nSPS) is 20.0. The van der Waals surface area contributed by atoms with Gasteiger partial charge in [0.1, 0.15) is 0 Å². The molecule has 3 heteroatoms. The van der Waals surface area contributed by atoms with Crippen LogP contribution in [0.2, 0.25) is 0 Å². The van der Waals surface area contributed by atoms with Gasteiger partial charge in [-0.25, -0.2) is 0 Å². The molecule has 2 aromatic carbocycles. The van der Waals surface area contributed by atoms with E-state index in [2.05, 4.69) is 59.3 Å². The highest BCUT2D eigenvalue weighted by molar-refractivity contribution is 9.10. The molecule has 2 nitrogen and oxygen atoms in total. The van der Waals surface area contributed by atoms with Gasteiger partial charge in [0.15, 0.2) is 0 Å². The Morgan fingerprint density at radius 3 is 2.41 bits per heavy atom. The Hall–Kier alpha value is -1.61. The highest BCUT2D eigenvalue weighted by atomic mass is 79.9. The van der Waals surface area contributed by atoms with Gasteiger partial charge in [-0.2, -0.15) is 0 Å². The Morgan fingerprint density at radius 2 is 1.77 bits per heavy atom. The standard InChI is InChI=1S/C19H20BrNO/c1-14(15-7-9-18(20)10-8-15)21-12-11-17(13-19(21)22)16-5-3-2-4-6-16/h2-10,14,17H,11-13H2,1H3/t14-,17?/m0/s1. The molecule has 1 saturated heterocycles. The lowest BCUT2D eigenvalue weighted by Gasteiger charge is -2.36. The van der Waals surface area contributed by atoms with Crippen LogP contribution in [-0.2, 0) is 4.79 Å². The van der Waals surface area contributed by atoms with Gasteiger partial charge >= 0.3 is 0 Å². The van der Waals surface area contributed by atoms with Crippen LogP contribution in [0.4, 0.5) is 0 Å². The summed E-state index contributed by atoms with van der Waals surface area (Å²) in [5.41, 5.74) is 2.47. The molecule has 1 fully saturated rings. The van der Waals surface area contributed by atoms with E-state index < -0.39 is 0 Å². The second kappa shape index (κ2) is 6.66. The molecule has 0 N–H and O–H groups in total. The number of amides is 1. The minimum atomic E-state index is 0.136. The molecule has 22 heavy (non-hydrogen) atoms. The summed E-state index contributed by atoms with van der Waals surface area (Å²) in [5, 5.41) is 0. The third kappa shape index (κ3) is 3.25. The van der Waals surface area contributed by atoms with Crippen LogP contribution in [-0.4, -0.2) is 17.4 Å². The first kappa shape index (κ1) is 15.3. The van der Waals surface area contributed by atoms with Gasteiger partial charge in [-0.3, -0.25) is 4.79 Å². The molecule has 0 aliphatic carbocycles. The molecule has 0 bridgehead atoms. The van der Waals surface area contributed by atoms with Crippen LogP contribution in [0.5, 0.6) is 0 Å². The van der Waals surface area contributed by atoms with Crippen molar-refractivity contribution >= 4 is 21.8 Å². The van der Waals surface area contributed by atoms with Gasteiger partial charge in [0.2, 0.25) is 5.91 Å². The minimum Gasteiger partial charge on any atom is -0.336 e. The number of hydrogen-bond donors (Lipinski definition) is 0. The van der Waals surface area contributed by atoms with E-state index in [0.717, 1.165) is 17.4 Å². The maximum Gasteiger partial charge on any atom is 0.223 e. The zero-order chi connectivity index (χ0) is 15.5. The first-order chi connectivity index (χ1) is 10.6. The van der Waals surface area contributed by atoms with E-state index in [1.54, 1.807) is 0 Å². The molecule has 2 aromatic rings. The second-order valence-corrected chi connectivity index (χ2v) is 6.83. The van der Waals surface area contributed by atoms with Gasteiger partial charge in [0.25, 0.3) is 0 Å². The van der Waals surface area contributed by atoms with Gasteiger partial charge in [-0.05, 0) is 42.5 Å². The van der Waals surface area contributed by atoms with E-state index in [4.69, 9.17) is 0 Å². The molecule has 1 unspecified atom stereocenters. The molecule has 1 amide bonds. The Morgan fingerprint density at radius 1 is 1.09 bits per heavy atom. The van der Waals surface area contributed by atoms with Gasteiger partial charge < -0.3 is 4.90 Å². The van der Waals surface area contributed by atoms with Crippen LogP contribution in [0, 0.1) is 0 Å². The van der Waals surface area contributed by atoms with Crippen LogP contribution in [0.3, 0.4) is 0 Å². The minimum absolute atomic E-state index is 0.136. The van der Waals surface area contributed by atoms with Crippen molar-refractivity contribution in [1.82, 2.24) is 4.90 Å². The molecule has 0 aromatic heterocycles. The van der Waals surface area contributed by atoms with Gasteiger partial charge in [-0.15, -0.1) is 0 Å². The first-order valence-electron chi connectivity index (χ1n) is 7.75. The Bertz CT molecular complexity index is 638. The van der Waals surface area contributed by atoms with Crippen molar-refractivity contribution in [3.63, 3.8) is 0 Å². The molecule has 0 saturated carbocycles. The van der Waals surface area contributed by atoms with Crippen molar-refractivity contribution in [1.29, 1.82) is 0 Å². The molecule has 3 rings (SSSR count). The number of benzene rings is 2. The third-order valence-corrected chi connectivity index (χ3v) is 5.08. The summed E-state index contributed by atoms with van der Waals surface area (Å²) in [6, 6.07) is 18.8. The molecule has 1 heterocycles. The van der Waals surface area contributed by atoms with Crippen LogP contribution < -0.4 is 0 Å². The molecule has 2 atom stereocenters. The lowest BCUT2D eigenvalue weighted by atomic mass is 9.88. The maximum atomic E-state index is 12.6. The maximum absolute atomic E-state index is 12.6. The van der Waals surface area contributed by atoms with Crippen LogP contribution in [0.1, 0.15) is 42.9 Å². The van der Waals surface area contributed by atoms with Gasteiger partial charge in [0.05, 0.1) is 6.04 Å². The van der Waals surface area contributed by atoms with Crippen molar-refractivity contribution in [2.75, 3.05) is 6.54 Å². The number of nitrogens with zero attached hydrogens (tertiary/aromatic N) is 1. The fourth-order valence-corrected chi connectivity index (χ4v) is 3.45. The van der Waals surface area contributed by atoms with E-state index in [1.807, 2.05) is 23.1 Å². The molecule has 114 valence electrons. The second-order valence-electron chi connectivity index (χ2n) is 5.92. The SMILES string of the molecule is C[C@@H](c1ccc(Br)cc1)N1CCC(c2ccccc2)CC1=O. The van der Waals surface area contributed by atoms with Gasteiger partial charge in [0, 0.05) is 17.4 Å². The zero-order valence-electron chi connectivity index (χ0n) is 12.7. The summed E-state index contributed by atoms with van der Waals surface area (Å²) in [6.07, 6.45) is 1.65. The average Bonchev–Trinajstić information content (AvgIpc) is 2.56. The van der Waals surface area contributed by atoms with E-state index in [1.165, 1.54) is 11.1 Å². The van der Waals surface area contributed by atoms with Crippen LogP contribution in [0.25, 0.3) is 0 Å². The largest absolute Gasteiger partial charge is 0.336 e. The topological polar surface area (TPSA) is 20.3 Å². The summed E-state index contributed by atoms with van der Waals surface area (Å²) in [7, 11) is 0. The highest BCUT2D eigenvalue weighted by Crippen LogP contribution is 2.33. The Kier molecular flexibility index (Phi) is 4.63. The van der Waals surface area contributed by atoms with E-state index in [0.29, 0.717) is 12.3 Å². The molecule has 0 spiro atoms. The number of hydrogen-bond acceptors (Lipinski definition) is 1. The number of carbonyl (C=O) groups is 1. The van der Waals surface area contributed by atoms with Crippen LogP contribution >= 0.6 is 15.9 Å². The molecule has 1 aliphatic heterocycles. The fourth-order valence-electron chi connectivity index (χ4n) is 3.19. The quantitative estimate of drug-likeness (QED) is 0.763. The van der Waals surface area contributed by atoms with E-state index in [9.17, 15) is 4.79 Å². The fraction of sp³-hybridized carbons (Fsp3) is 0.316. The monoisotopic (exact) mass is 357 g/mol. The summed E-state index contributed by atoms with van der Waals surface area (Å²) < 4.78 is 1.07. The predicted molar refractivity (Wildman–Crippen MR) is 92.7 cm³/mol. The zero-order valence-corrected chi connectivity index (χ0v) is 14.3. The average molecular weight is 358 g/mol. The third-order valence-electron chi connectivity index (χ3n) is 4.55. The Labute approximate surface area is 140 Å². The van der Waals surface area contributed by atoms with E-state index >= 15 is 0 Å². The number of likely N-dealkylation sites (tertiary alicyclic amines) is 1. The van der Waals surface area contributed by atoms with Crippen molar-refractivity contribution < 1.29 is 4.79 Å². The predicted octanol–water partition coefficient (Wildman–Crippen LogP) is 4.92. The molecular weight excluding hydrogens is 338 g/mol. The van der Waals surface area contributed by atoms with E-state index in [-0.39, 0.29) is 11.9 Å². The summed E-state index contributed by atoms with van der Waals surface area (Å²) in [5.74, 6) is 0.623. The number of piperidine rings is 1. The smallest absolute Gasteiger partial charge is 0.223 e. The number of carbonyl (C=O) groups excluding carboxylic acids is 1. The lowest BCUT2D eigenvalue weighted by molar-refractivity contribution is -0.136. The molecular formula is C19H20BrNO. The molecule has 1 aliphatic rings. The van der Waals surface area contributed by atoms with Crippen molar-refractivity contribution in [2.24, 2.45) is 0 Å². The van der Waals surface area contributed by atoms with Crippen molar-refractivity contribution in [3.8, 4) is 0 Å².